The summed E-state index contributed by atoms with van der Waals surface area (Å²) in [6.45, 7) is 1.96. The number of fused-ring (bicyclic) bond motifs is 3. The largest absolute Gasteiger partial charge is 0.461 e. The van der Waals surface area contributed by atoms with Gasteiger partial charge < -0.3 is 9.15 Å². The molecule has 2 aromatic rings. The minimum absolute atomic E-state index is 0.000853. The molecule has 2 bridgehead atoms. The Balaban J connectivity index is 1.52. The zero-order chi connectivity index (χ0) is 19.8. The summed E-state index contributed by atoms with van der Waals surface area (Å²) in [5.74, 6) is -0.207. The second kappa shape index (κ2) is 7.70. The highest BCUT2D eigenvalue weighted by Crippen LogP contribution is 2.40. The predicted octanol–water partition coefficient (Wildman–Crippen LogP) is 4.45. The van der Waals surface area contributed by atoms with E-state index in [4.69, 9.17) is 20.8 Å². The van der Waals surface area contributed by atoms with Gasteiger partial charge in [0, 0.05) is 33.9 Å². The quantitative estimate of drug-likeness (QED) is 0.558. The van der Waals surface area contributed by atoms with Gasteiger partial charge in [-0.3, -0.25) is 9.59 Å². The molecule has 2 fully saturated rings. The molecule has 28 heavy (non-hydrogen) atoms. The van der Waals surface area contributed by atoms with E-state index in [1.54, 1.807) is 12.1 Å². The van der Waals surface area contributed by atoms with Gasteiger partial charge >= 0.3 is 11.6 Å². The van der Waals surface area contributed by atoms with Crippen LogP contribution in [0.3, 0.4) is 0 Å². The smallest absolute Gasteiger partial charge is 0.336 e. The third kappa shape index (κ3) is 3.60. The van der Waals surface area contributed by atoms with E-state index in [9.17, 15) is 14.4 Å². The van der Waals surface area contributed by atoms with Crippen molar-refractivity contribution in [3.8, 4) is 0 Å². The Bertz CT molecular complexity index is 976. The SMILES string of the molecule is CCc1cc2oc(=O)cc(COC(=O)C3C[C@H]4CCC[C@@H](C3)C4=O)c2cc1Cl. The fourth-order valence-electron chi connectivity index (χ4n) is 4.62. The number of ether oxygens (including phenoxy) is 1. The number of hydrogen-bond acceptors (Lipinski definition) is 5. The summed E-state index contributed by atoms with van der Waals surface area (Å²) in [6, 6.07) is 4.86. The summed E-state index contributed by atoms with van der Waals surface area (Å²) in [4.78, 5) is 36.8. The number of hydrogen-bond donors (Lipinski definition) is 0. The fourth-order valence-corrected chi connectivity index (χ4v) is 4.92. The van der Waals surface area contributed by atoms with E-state index in [0.29, 0.717) is 40.2 Å². The number of ketones is 1. The normalized spacial score (nSPS) is 24.4. The van der Waals surface area contributed by atoms with Crippen LogP contribution >= 0.6 is 11.6 Å². The molecule has 2 aliphatic carbocycles. The van der Waals surface area contributed by atoms with Gasteiger partial charge in [-0.25, -0.2) is 4.79 Å². The molecule has 1 aromatic heterocycles. The lowest BCUT2D eigenvalue weighted by molar-refractivity contribution is -0.154. The maximum Gasteiger partial charge on any atom is 0.336 e. The van der Waals surface area contributed by atoms with E-state index in [2.05, 4.69) is 0 Å². The number of aryl methyl sites for hydroxylation is 1. The Labute approximate surface area is 168 Å². The van der Waals surface area contributed by atoms with Crippen LogP contribution in [0.5, 0.6) is 0 Å². The lowest BCUT2D eigenvalue weighted by Crippen LogP contribution is -2.39. The van der Waals surface area contributed by atoms with Gasteiger partial charge in [-0.15, -0.1) is 0 Å². The Morgan fingerprint density at radius 1 is 1.14 bits per heavy atom. The molecule has 1 aromatic carbocycles. The van der Waals surface area contributed by atoms with Gasteiger partial charge in [-0.2, -0.15) is 0 Å². The zero-order valence-electron chi connectivity index (χ0n) is 15.8. The first-order valence-corrected chi connectivity index (χ1v) is 10.3. The van der Waals surface area contributed by atoms with Gasteiger partial charge in [0.25, 0.3) is 0 Å². The van der Waals surface area contributed by atoms with Crippen molar-refractivity contribution in [3.05, 3.63) is 44.8 Å². The van der Waals surface area contributed by atoms with Crippen molar-refractivity contribution in [2.75, 3.05) is 0 Å². The molecule has 4 rings (SSSR count). The Morgan fingerprint density at radius 2 is 1.86 bits per heavy atom. The molecule has 148 valence electrons. The molecule has 0 radical (unpaired) electrons. The van der Waals surface area contributed by atoms with E-state index in [1.165, 1.54) is 6.07 Å². The topological polar surface area (TPSA) is 73.6 Å². The Kier molecular flexibility index (Phi) is 5.28. The monoisotopic (exact) mass is 402 g/mol. The summed E-state index contributed by atoms with van der Waals surface area (Å²) >= 11 is 6.31. The zero-order valence-corrected chi connectivity index (χ0v) is 16.6. The van der Waals surface area contributed by atoms with Gasteiger partial charge in [0.05, 0.1) is 5.92 Å². The summed E-state index contributed by atoms with van der Waals surface area (Å²) in [7, 11) is 0. The lowest BCUT2D eigenvalue weighted by atomic mass is 9.67. The second-order valence-electron chi connectivity index (χ2n) is 7.89. The summed E-state index contributed by atoms with van der Waals surface area (Å²) in [5, 5.41) is 1.26. The van der Waals surface area contributed by atoms with E-state index in [1.807, 2.05) is 6.92 Å². The van der Waals surface area contributed by atoms with E-state index in [0.717, 1.165) is 31.2 Å². The van der Waals surface area contributed by atoms with Crippen LogP contribution in [0.4, 0.5) is 0 Å². The van der Waals surface area contributed by atoms with Crippen LogP contribution in [0.1, 0.15) is 50.2 Å². The number of carbonyl (C=O) groups is 2. The average molecular weight is 403 g/mol. The highest BCUT2D eigenvalue weighted by molar-refractivity contribution is 6.32. The van der Waals surface area contributed by atoms with Gasteiger partial charge in [0.1, 0.15) is 18.0 Å². The summed E-state index contributed by atoms with van der Waals surface area (Å²) < 4.78 is 10.8. The van der Waals surface area contributed by atoms with Crippen molar-refractivity contribution in [3.63, 3.8) is 0 Å². The van der Waals surface area contributed by atoms with Crippen molar-refractivity contribution in [1.82, 2.24) is 0 Å². The van der Waals surface area contributed by atoms with Gasteiger partial charge in [0.2, 0.25) is 0 Å². The Hall–Kier alpha value is -2.14. The highest BCUT2D eigenvalue weighted by Gasteiger charge is 2.41. The standard InChI is InChI=1S/C22H23ClO5/c1-2-12-8-19-17(10-18(12)23)16(9-20(24)28-19)11-27-22(26)15-6-13-4-3-5-14(7-15)21(13)25/h8-10,13-15H,2-7,11H2,1H3/t13-,14+,15?. The number of carbonyl (C=O) groups excluding carboxylic acids is 2. The van der Waals surface area contributed by atoms with Crippen LogP contribution in [0.15, 0.2) is 27.4 Å². The number of rotatable bonds is 4. The first kappa shape index (κ1) is 19.2. The van der Waals surface area contributed by atoms with Crippen LogP contribution in [-0.2, 0) is 27.4 Å². The minimum Gasteiger partial charge on any atom is -0.461 e. The number of esters is 1. The molecule has 1 unspecified atom stereocenters. The van der Waals surface area contributed by atoms with E-state index < -0.39 is 5.63 Å². The molecule has 0 aliphatic heterocycles. The van der Waals surface area contributed by atoms with Crippen molar-refractivity contribution in [1.29, 1.82) is 0 Å². The minimum atomic E-state index is -0.485. The molecule has 0 N–H and O–H groups in total. The van der Waals surface area contributed by atoms with Crippen molar-refractivity contribution < 1.29 is 18.7 Å². The molecule has 3 atom stereocenters. The van der Waals surface area contributed by atoms with Crippen molar-refractivity contribution in [2.45, 2.75) is 52.1 Å². The summed E-state index contributed by atoms with van der Waals surface area (Å²) in [6.07, 6.45) is 4.70. The summed E-state index contributed by atoms with van der Waals surface area (Å²) in [5.41, 5.74) is 1.43. The molecule has 0 saturated heterocycles. The number of benzene rings is 1. The lowest BCUT2D eigenvalue weighted by Gasteiger charge is -2.36. The van der Waals surface area contributed by atoms with E-state index >= 15 is 0 Å². The third-order valence-electron chi connectivity index (χ3n) is 6.13. The molecular formula is C22H23ClO5. The van der Waals surface area contributed by atoms with Crippen LogP contribution < -0.4 is 5.63 Å². The number of Topliss-reactive ketones (excluding diaryl/α,β-unsaturated/α-hetero) is 1. The van der Waals surface area contributed by atoms with Gasteiger partial charge in [-0.05, 0) is 49.8 Å². The van der Waals surface area contributed by atoms with Crippen LogP contribution in [0.25, 0.3) is 11.0 Å². The molecule has 5 nitrogen and oxygen atoms in total. The first-order valence-electron chi connectivity index (χ1n) is 9.91. The first-order chi connectivity index (χ1) is 13.5. The molecule has 6 heteroatoms. The molecule has 2 saturated carbocycles. The van der Waals surface area contributed by atoms with Crippen LogP contribution in [-0.4, -0.2) is 11.8 Å². The molecule has 2 aliphatic rings. The maximum absolute atomic E-state index is 12.6. The van der Waals surface area contributed by atoms with Gasteiger partial charge in [-0.1, -0.05) is 24.9 Å². The maximum atomic E-state index is 12.6. The van der Waals surface area contributed by atoms with E-state index in [-0.39, 0.29) is 30.3 Å². The Morgan fingerprint density at radius 3 is 2.54 bits per heavy atom. The van der Waals surface area contributed by atoms with Crippen molar-refractivity contribution in [2.24, 2.45) is 17.8 Å². The highest BCUT2D eigenvalue weighted by atomic mass is 35.5. The fraction of sp³-hybridized carbons (Fsp3) is 0.500. The second-order valence-corrected chi connectivity index (χ2v) is 8.29. The van der Waals surface area contributed by atoms with Gasteiger partial charge in [0.15, 0.2) is 0 Å². The number of halogens is 1. The molecular weight excluding hydrogens is 380 g/mol. The molecule has 0 spiro atoms. The average Bonchev–Trinajstić information content (AvgIpc) is 2.65. The van der Waals surface area contributed by atoms with Crippen LogP contribution in [0, 0.1) is 17.8 Å². The third-order valence-corrected chi connectivity index (χ3v) is 6.48. The molecule has 1 heterocycles. The molecule has 0 amide bonds. The van der Waals surface area contributed by atoms with Crippen LogP contribution in [0.2, 0.25) is 5.02 Å². The van der Waals surface area contributed by atoms with Crippen molar-refractivity contribution >= 4 is 34.3 Å². The predicted molar refractivity (Wildman–Crippen MR) is 105 cm³/mol.